The average Bonchev–Trinajstić information content (AvgIpc) is 3.00. The summed E-state index contributed by atoms with van der Waals surface area (Å²) >= 11 is 0. The van der Waals surface area contributed by atoms with Crippen molar-refractivity contribution in [2.24, 2.45) is 5.50 Å². The van der Waals surface area contributed by atoms with Crippen molar-refractivity contribution in [1.29, 1.82) is 5.16 Å². The Morgan fingerprint density at radius 2 is 0.750 bits per heavy atom. The van der Waals surface area contributed by atoms with Gasteiger partial charge in [0.25, 0.3) is 0 Å². The van der Waals surface area contributed by atoms with Gasteiger partial charge in [-0.05, 0) is 58.2 Å². The van der Waals surface area contributed by atoms with Crippen LogP contribution in [0.15, 0.2) is 97.1 Å². The Balaban J connectivity index is 1.65. The first-order valence-corrected chi connectivity index (χ1v) is 18.2. The molecule has 16 heteroatoms. The molecule has 13 nitrogen and oxygen atoms in total. The van der Waals surface area contributed by atoms with Crippen LogP contribution in [0.5, 0.6) is 46.0 Å². The van der Waals surface area contributed by atoms with Crippen molar-refractivity contribution in [3.8, 4) is 46.0 Å². The van der Waals surface area contributed by atoms with Gasteiger partial charge in [-0.1, -0.05) is 24.3 Å². The molecule has 0 spiro atoms. The van der Waals surface area contributed by atoms with E-state index in [-0.39, 0.29) is 0 Å². The maximum absolute atomic E-state index is 9.18. The zero-order valence-corrected chi connectivity index (χ0v) is 27.1. The highest BCUT2D eigenvalue weighted by atomic mass is 31.3. The topological polar surface area (TPSA) is 160 Å². The molecule has 4 aromatic rings. The molecule has 0 aliphatic carbocycles. The number of ether oxygens (including phenoxy) is 4. The van der Waals surface area contributed by atoms with Crippen molar-refractivity contribution in [2.45, 2.75) is 0 Å². The van der Waals surface area contributed by atoms with Gasteiger partial charge in [0.15, 0.2) is 23.0 Å². The van der Waals surface area contributed by atoms with Crippen molar-refractivity contribution in [3.05, 3.63) is 97.1 Å². The van der Waals surface area contributed by atoms with Gasteiger partial charge >= 0.3 is 16.0 Å². The second-order valence-electron chi connectivity index (χ2n) is 9.21. The fraction of sp³-hybridized carbons (Fsp3) is 0.143. The number of hydrogen-bond donors (Lipinski definition) is 5. The summed E-state index contributed by atoms with van der Waals surface area (Å²) in [4.78, 5) is 9.53. The summed E-state index contributed by atoms with van der Waals surface area (Å²) in [5, 5.41) is 9.18. The molecule has 0 atom stereocenters. The van der Waals surface area contributed by atoms with Gasteiger partial charge in [0.05, 0.1) is 28.4 Å². The number of methoxy groups -OCH3 is 4. The predicted molar refractivity (Wildman–Crippen MR) is 172 cm³/mol. The Kier molecular flexibility index (Phi) is 9.68. The van der Waals surface area contributed by atoms with E-state index in [0.29, 0.717) is 46.0 Å². The van der Waals surface area contributed by atoms with E-state index >= 15 is 0 Å². The first-order chi connectivity index (χ1) is 21.2. The SMILES string of the molecule is COc1cccc(O[P+]2(Oc3cccc(OC)c3)NP(=N)(N)N[P+](Oc3cccc(OC)c3)(Oc3cccc(OC)c3)N2)c1. The fourth-order valence-electron chi connectivity index (χ4n) is 4.08. The molecule has 1 aliphatic rings. The van der Waals surface area contributed by atoms with E-state index in [9.17, 15) is 5.16 Å². The monoisotopic (exact) mass is 661 g/mol. The minimum Gasteiger partial charge on any atom is -0.497 e. The van der Waals surface area contributed by atoms with Crippen LogP contribution in [0.2, 0.25) is 0 Å². The van der Waals surface area contributed by atoms with Gasteiger partial charge in [0.1, 0.15) is 27.9 Å². The number of hydrogen-bond acceptors (Lipinski definition) is 10. The lowest BCUT2D eigenvalue weighted by Crippen LogP contribution is -2.49. The van der Waals surface area contributed by atoms with Gasteiger partial charge in [-0.3, -0.25) is 28.8 Å². The summed E-state index contributed by atoms with van der Waals surface area (Å²) in [5.74, 6) is 3.73. The first-order valence-electron chi connectivity index (χ1n) is 13.1. The van der Waals surface area contributed by atoms with E-state index in [4.69, 9.17) is 42.5 Å². The molecule has 4 aromatic carbocycles. The molecule has 1 fully saturated rings. The van der Waals surface area contributed by atoms with E-state index in [1.54, 1.807) is 126 Å². The number of benzene rings is 4. The van der Waals surface area contributed by atoms with Gasteiger partial charge in [-0.2, -0.15) is 0 Å². The molecule has 1 saturated heterocycles. The summed E-state index contributed by atoms with van der Waals surface area (Å²) in [6, 6.07) is 27.9. The standard InChI is InChI=1S/C28H34N5O8P3/c1-34-21-9-5-13-25(17-21)38-43(39-26-14-6-10-22(18-26)35-2)31-42(29,30)32-44(33-43,40-27-15-7-11-23(19-27)36-3)41-28-16-8-12-24(20-28)37-4/h5-20,33H,1-4H3,(H5,29,30,31,32)/q+2. The normalized spacial score (nSPS) is 16.2. The zero-order valence-electron chi connectivity index (χ0n) is 24.4. The molecule has 0 amide bonds. The molecule has 5 rings (SSSR count). The summed E-state index contributed by atoms with van der Waals surface area (Å²) in [5.41, 5.74) is 6.62. The van der Waals surface area contributed by atoms with Crippen molar-refractivity contribution >= 4 is 23.5 Å². The van der Waals surface area contributed by atoms with Crippen LogP contribution in [-0.2, 0) is 0 Å². The lowest BCUT2D eigenvalue weighted by molar-refractivity contribution is 0.396. The molecular weight excluding hydrogens is 627 g/mol. The molecule has 232 valence electrons. The predicted octanol–water partition coefficient (Wildman–Crippen LogP) is 6.96. The molecule has 1 heterocycles. The van der Waals surface area contributed by atoms with E-state index < -0.39 is 23.5 Å². The van der Waals surface area contributed by atoms with Crippen LogP contribution in [0.4, 0.5) is 0 Å². The Morgan fingerprint density at radius 1 is 0.500 bits per heavy atom. The highest BCUT2D eigenvalue weighted by molar-refractivity contribution is 7.92. The van der Waals surface area contributed by atoms with Crippen LogP contribution in [0.1, 0.15) is 0 Å². The highest BCUT2D eigenvalue weighted by Gasteiger charge is 2.73. The van der Waals surface area contributed by atoms with Crippen LogP contribution in [-0.4, -0.2) is 28.4 Å². The highest BCUT2D eigenvalue weighted by Crippen LogP contribution is 2.75. The summed E-state index contributed by atoms with van der Waals surface area (Å²) < 4.78 is 47.9. The van der Waals surface area contributed by atoms with Gasteiger partial charge in [-0.25, -0.2) is 0 Å². The minimum atomic E-state index is -3.65. The molecular formula is C28H34N5O8P3+2. The second kappa shape index (κ2) is 13.5. The molecule has 6 N–H and O–H groups in total. The van der Waals surface area contributed by atoms with Crippen molar-refractivity contribution < 1.29 is 37.0 Å². The van der Waals surface area contributed by atoms with Crippen LogP contribution in [0, 0.1) is 5.16 Å². The average molecular weight is 662 g/mol. The molecule has 0 radical (unpaired) electrons. The third-order valence-electron chi connectivity index (χ3n) is 5.94. The number of nitrogens with one attached hydrogen (secondary N) is 4. The quantitative estimate of drug-likeness (QED) is 0.0995. The van der Waals surface area contributed by atoms with Gasteiger partial charge < -0.3 is 18.9 Å². The summed E-state index contributed by atoms with van der Waals surface area (Å²) in [6.07, 6.45) is 0. The lowest BCUT2D eigenvalue weighted by atomic mass is 10.3. The summed E-state index contributed by atoms with van der Waals surface area (Å²) in [6.45, 7) is 0. The van der Waals surface area contributed by atoms with Crippen LogP contribution in [0.3, 0.4) is 0 Å². The number of rotatable bonds is 12. The van der Waals surface area contributed by atoms with Crippen LogP contribution >= 0.6 is 23.5 Å². The third kappa shape index (κ3) is 7.83. The smallest absolute Gasteiger partial charge is 0.497 e. The Morgan fingerprint density at radius 3 is 1.00 bits per heavy atom. The molecule has 0 saturated carbocycles. The van der Waals surface area contributed by atoms with E-state index in [0.717, 1.165) is 0 Å². The third-order valence-corrected chi connectivity index (χ3v) is 14.6. The van der Waals surface area contributed by atoms with Crippen LogP contribution in [0.25, 0.3) is 0 Å². The summed E-state index contributed by atoms with van der Waals surface area (Å²) in [7, 11) is -4.62. The van der Waals surface area contributed by atoms with Crippen LogP contribution < -0.4 is 57.1 Å². The Bertz CT molecular complexity index is 1430. The Labute approximate surface area is 257 Å². The zero-order chi connectivity index (χ0) is 31.2. The van der Waals surface area contributed by atoms with E-state index in [2.05, 4.69) is 14.6 Å². The molecule has 0 bridgehead atoms. The second-order valence-corrected chi connectivity index (χ2v) is 16.0. The molecule has 44 heavy (non-hydrogen) atoms. The number of nitrogens with two attached hydrogens (primary N) is 1. The minimum absolute atomic E-state index is 0.378. The van der Waals surface area contributed by atoms with E-state index in [1.807, 2.05) is 0 Å². The lowest BCUT2D eigenvalue weighted by Gasteiger charge is -2.35. The van der Waals surface area contributed by atoms with Gasteiger partial charge in [-0.15, -0.1) is 0 Å². The maximum Gasteiger partial charge on any atom is 0.566 e. The largest absolute Gasteiger partial charge is 0.566 e. The maximum atomic E-state index is 9.18. The molecule has 0 aromatic heterocycles. The van der Waals surface area contributed by atoms with Gasteiger partial charge in [0, 0.05) is 24.3 Å². The van der Waals surface area contributed by atoms with Crippen molar-refractivity contribution in [1.82, 2.24) is 14.6 Å². The molecule has 0 unspecified atom stereocenters. The first kappa shape index (κ1) is 31.6. The van der Waals surface area contributed by atoms with E-state index in [1.165, 1.54) is 0 Å². The van der Waals surface area contributed by atoms with Crippen molar-refractivity contribution in [2.75, 3.05) is 28.4 Å². The molecule has 1 aliphatic heterocycles. The van der Waals surface area contributed by atoms with Gasteiger partial charge in [0.2, 0.25) is 7.51 Å². The Hall–Kier alpha value is -3.79. The fourth-order valence-corrected chi connectivity index (χ4v) is 13.6. The van der Waals surface area contributed by atoms with Crippen molar-refractivity contribution in [3.63, 3.8) is 0 Å².